The lowest BCUT2D eigenvalue weighted by atomic mass is 9.86. The summed E-state index contributed by atoms with van der Waals surface area (Å²) in [6, 6.07) is 8.12. The highest BCUT2D eigenvalue weighted by atomic mass is 19.4. The zero-order valence-electron chi connectivity index (χ0n) is 16.1. The summed E-state index contributed by atoms with van der Waals surface area (Å²) in [6.07, 6.45) is -3.50. The van der Waals surface area contributed by atoms with Crippen LogP contribution in [0.3, 0.4) is 0 Å². The van der Waals surface area contributed by atoms with E-state index < -0.39 is 30.2 Å². The van der Waals surface area contributed by atoms with E-state index in [2.05, 4.69) is 9.47 Å². The third-order valence-electron chi connectivity index (χ3n) is 5.25. The lowest BCUT2D eigenvalue weighted by molar-refractivity contribution is -0.137. The average molecular weight is 447 g/mol. The number of piperidine rings is 1. The van der Waals surface area contributed by atoms with Crippen molar-refractivity contribution in [1.29, 1.82) is 0 Å². The highest BCUT2D eigenvalue weighted by Crippen LogP contribution is 2.36. The van der Waals surface area contributed by atoms with Gasteiger partial charge in [-0.1, -0.05) is 12.1 Å². The number of nitrogens with zero attached hydrogens (tertiary/aromatic N) is 1. The van der Waals surface area contributed by atoms with Crippen LogP contribution in [0.25, 0.3) is 0 Å². The number of carbonyl (C=O) groups is 1. The van der Waals surface area contributed by atoms with Crippen LogP contribution in [0.2, 0.25) is 0 Å². The summed E-state index contributed by atoms with van der Waals surface area (Å²) < 4.78 is 86.8. The fourth-order valence-electron chi connectivity index (χ4n) is 3.73. The zero-order chi connectivity index (χ0) is 22.6. The summed E-state index contributed by atoms with van der Waals surface area (Å²) in [5.41, 5.74) is 0.253. The van der Waals surface area contributed by atoms with Gasteiger partial charge in [-0.15, -0.1) is 0 Å². The number of ether oxygens (including phenoxy) is 2. The lowest BCUT2D eigenvalue weighted by Crippen LogP contribution is -2.45. The minimum Gasteiger partial charge on any atom is -0.426 e. The van der Waals surface area contributed by atoms with Gasteiger partial charge in [-0.25, -0.2) is 4.39 Å². The molecule has 0 aliphatic carbocycles. The molecule has 1 saturated heterocycles. The predicted molar refractivity (Wildman–Crippen MR) is 99.6 cm³/mol. The van der Waals surface area contributed by atoms with Crippen molar-refractivity contribution in [1.82, 2.24) is 0 Å². The molecular formula is C21H19F6NO3. The van der Waals surface area contributed by atoms with E-state index in [9.17, 15) is 31.1 Å². The fraction of sp³-hybridized carbons (Fsp3) is 0.381. The molecule has 1 fully saturated rings. The molecule has 168 valence electrons. The maximum atomic E-state index is 14.2. The Kier molecular flexibility index (Phi) is 7.09. The van der Waals surface area contributed by atoms with Gasteiger partial charge < -0.3 is 14.4 Å². The molecule has 1 aliphatic rings. The standard InChI is InChI=1S/C21H19F6NO3/c22-18-9-16(7-8-19(18)31-12-29)28-10-14(3-6-17(28)11-30-20(23)24)13-1-4-15(5-2-13)21(25,26)27/h1-2,4-5,7-9,12,14,17,20H,3,6,10-11H2/t14-,17-/m0/s1. The van der Waals surface area contributed by atoms with Gasteiger partial charge in [0.2, 0.25) is 0 Å². The third kappa shape index (κ3) is 5.69. The van der Waals surface area contributed by atoms with Crippen molar-refractivity contribution >= 4 is 12.2 Å². The number of halogens is 6. The molecule has 1 aliphatic heterocycles. The van der Waals surface area contributed by atoms with Gasteiger partial charge in [-0.3, -0.25) is 4.79 Å². The molecule has 0 N–H and O–H groups in total. The Balaban J connectivity index is 1.84. The van der Waals surface area contributed by atoms with Crippen LogP contribution in [0.4, 0.5) is 32.0 Å². The number of benzene rings is 2. The smallest absolute Gasteiger partial charge is 0.416 e. The molecule has 1 heterocycles. The second kappa shape index (κ2) is 9.59. The summed E-state index contributed by atoms with van der Waals surface area (Å²) in [4.78, 5) is 12.1. The maximum absolute atomic E-state index is 14.2. The monoisotopic (exact) mass is 447 g/mol. The van der Waals surface area contributed by atoms with Gasteiger partial charge in [0.05, 0.1) is 18.2 Å². The molecule has 0 radical (unpaired) electrons. The molecule has 2 atom stereocenters. The van der Waals surface area contributed by atoms with Gasteiger partial charge in [0.25, 0.3) is 6.47 Å². The molecule has 3 rings (SSSR count). The molecule has 4 nitrogen and oxygen atoms in total. The minimum absolute atomic E-state index is 0.0822. The molecule has 0 amide bonds. The van der Waals surface area contributed by atoms with Crippen LogP contribution in [0.15, 0.2) is 42.5 Å². The van der Waals surface area contributed by atoms with E-state index in [-0.39, 0.29) is 31.3 Å². The fourth-order valence-corrected chi connectivity index (χ4v) is 3.73. The van der Waals surface area contributed by atoms with Gasteiger partial charge in [0.1, 0.15) is 0 Å². The molecule has 0 spiro atoms. The van der Waals surface area contributed by atoms with E-state index in [1.54, 1.807) is 4.90 Å². The van der Waals surface area contributed by atoms with Gasteiger partial charge >= 0.3 is 12.8 Å². The number of anilines is 1. The van der Waals surface area contributed by atoms with Crippen LogP contribution in [0.1, 0.15) is 29.9 Å². The summed E-state index contributed by atoms with van der Waals surface area (Å²) in [7, 11) is 0. The number of hydrogen-bond donors (Lipinski definition) is 0. The van der Waals surface area contributed by atoms with E-state index in [0.717, 1.165) is 18.2 Å². The zero-order valence-corrected chi connectivity index (χ0v) is 16.1. The van der Waals surface area contributed by atoms with Crippen LogP contribution >= 0.6 is 0 Å². The maximum Gasteiger partial charge on any atom is 0.416 e. The van der Waals surface area contributed by atoms with Crippen molar-refractivity contribution in [3.8, 4) is 5.75 Å². The van der Waals surface area contributed by atoms with Crippen molar-refractivity contribution in [2.24, 2.45) is 0 Å². The lowest BCUT2D eigenvalue weighted by Gasteiger charge is -2.41. The van der Waals surface area contributed by atoms with E-state index in [0.29, 0.717) is 24.1 Å². The Morgan fingerprint density at radius 2 is 1.81 bits per heavy atom. The first-order valence-electron chi connectivity index (χ1n) is 9.42. The van der Waals surface area contributed by atoms with Crippen LogP contribution in [0.5, 0.6) is 5.75 Å². The quantitative estimate of drug-likeness (QED) is 0.423. The molecule has 2 aromatic carbocycles. The van der Waals surface area contributed by atoms with Crippen molar-refractivity contribution in [3.05, 3.63) is 59.4 Å². The normalized spacial score (nSPS) is 19.5. The topological polar surface area (TPSA) is 38.8 Å². The predicted octanol–water partition coefficient (Wildman–Crippen LogP) is 5.37. The van der Waals surface area contributed by atoms with Crippen LogP contribution in [0, 0.1) is 5.82 Å². The average Bonchev–Trinajstić information content (AvgIpc) is 2.73. The number of hydrogen-bond acceptors (Lipinski definition) is 4. The number of rotatable bonds is 7. The Bertz CT molecular complexity index is 888. The van der Waals surface area contributed by atoms with E-state index in [1.807, 2.05) is 0 Å². The van der Waals surface area contributed by atoms with Crippen molar-refractivity contribution in [2.45, 2.75) is 37.6 Å². The summed E-state index contributed by atoms with van der Waals surface area (Å²) in [6.45, 7) is -2.92. The summed E-state index contributed by atoms with van der Waals surface area (Å²) in [5.74, 6) is -1.29. The van der Waals surface area contributed by atoms with Gasteiger partial charge in [-0.05, 0) is 42.7 Å². The van der Waals surface area contributed by atoms with Crippen molar-refractivity contribution in [3.63, 3.8) is 0 Å². The Labute approximate surface area is 174 Å². The van der Waals surface area contributed by atoms with E-state index in [4.69, 9.17) is 0 Å². The van der Waals surface area contributed by atoms with Gasteiger partial charge in [0.15, 0.2) is 11.6 Å². The van der Waals surface area contributed by atoms with Gasteiger partial charge in [-0.2, -0.15) is 22.0 Å². The Hall–Kier alpha value is -2.75. The Morgan fingerprint density at radius 1 is 1.10 bits per heavy atom. The molecule has 31 heavy (non-hydrogen) atoms. The number of carbonyl (C=O) groups excluding carboxylic acids is 1. The SMILES string of the molecule is O=COc1ccc(N2C[C@@H](c3ccc(C(F)(F)F)cc3)CC[C@H]2COC(F)F)cc1F. The second-order valence-corrected chi connectivity index (χ2v) is 7.12. The molecule has 0 aromatic heterocycles. The third-order valence-corrected chi connectivity index (χ3v) is 5.25. The largest absolute Gasteiger partial charge is 0.426 e. The molecule has 0 saturated carbocycles. The second-order valence-electron chi connectivity index (χ2n) is 7.12. The summed E-state index contributed by atoms with van der Waals surface area (Å²) >= 11 is 0. The van der Waals surface area contributed by atoms with Crippen molar-refractivity contribution < 1.29 is 40.6 Å². The Morgan fingerprint density at radius 3 is 2.39 bits per heavy atom. The minimum atomic E-state index is -4.45. The first kappa shape index (κ1) is 22.9. The number of alkyl halides is 5. The van der Waals surface area contributed by atoms with Crippen LogP contribution in [-0.2, 0) is 15.7 Å². The van der Waals surface area contributed by atoms with Crippen LogP contribution < -0.4 is 9.64 Å². The molecule has 0 unspecified atom stereocenters. The van der Waals surface area contributed by atoms with E-state index in [1.165, 1.54) is 24.3 Å². The van der Waals surface area contributed by atoms with Crippen LogP contribution in [-0.4, -0.2) is 32.3 Å². The highest BCUT2D eigenvalue weighted by Gasteiger charge is 2.33. The summed E-state index contributed by atoms with van der Waals surface area (Å²) in [5, 5.41) is 0. The first-order valence-corrected chi connectivity index (χ1v) is 9.42. The highest BCUT2D eigenvalue weighted by molar-refractivity contribution is 5.54. The van der Waals surface area contributed by atoms with Crippen molar-refractivity contribution in [2.75, 3.05) is 18.1 Å². The van der Waals surface area contributed by atoms with E-state index >= 15 is 0 Å². The molecule has 2 aromatic rings. The first-order chi connectivity index (χ1) is 14.7. The molecular weight excluding hydrogens is 428 g/mol. The molecule has 10 heteroatoms. The van der Waals surface area contributed by atoms with Gasteiger partial charge in [0, 0.05) is 24.2 Å². The molecule has 0 bridgehead atoms.